The minimum atomic E-state index is -0.662. The molecule has 0 saturated carbocycles. The Balaban J connectivity index is 3.38. The lowest BCUT2D eigenvalue weighted by atomic mass is 10.0. The van der Waals surface area contributed by atoms with Gasteiger partial charge >= 0.3 is 5.97 Å². The first-order valence-electron chi connectivity index (χ1n) is 32.9. The van der Waals surface area contributed by atoms with E-state index < -0.39 is 12.1 Å². The van der Waals surface area contributed by atoms with Gasteiger partial charge < -0.3 is 20.3 Å². The fourth-order valence-corrected chi connectivity index (χ4v) is 10.1. The van der Waals surface area contributed by atoms with Gasteiger partial charge in [0.25, 0.3) is 0 Å². The predicted octanol–water partition coefficient (Wildman–Crippen LogP) is 20.9. The van der Waals surface area contributed by atoms with E-state index in [0.29, 0.717) is 25.9 Å². The summed E-state index contributed by atoms with van der Waals surface area (Å²) in [6, 6.07) is -0.540. The van der Waals surface area contributed by atoms with E-state index in [0.717, 1.165) is 57.8 Å². The number of rotatable bonds is 61. The number of amides is 1. The van der Waals surface area contributed by atoms with Crippen LogP contribution in [0.4, 0.5) is 0 Å². The van der Waals surface area contributed by atoms with Gasteiger partial charge in [-0.25, -0.2) is 0 Å². The number of allylic oxidation sites excluding steroid dienone is 8. The molecule has 0 aromatic rings. The van der Waals surface area contributed by atoms with Crippen molar-refractivity contribution in [2.45, 2.75) is 360 Å². The van der Waals surface area contributed by atoms with Crippen LogP contribution < -0.4 is 5.32 Å². The molecule has 434 valence electrons. The largest absolute Gasteiger partial charge is 0.466 e. The van der Waals surface area contributed by atoms with E-state index in [9.17, 15) is 19.8 Å². The number of ether oxygens (including phenoxy) is 1. The normalized spacial score (nSPS) is 12.9. The summed E-state index contributed by atoms with van der Waals surface area (Å²) in [4.78, 5) is 24.5. The highest BCUT2D eigenvalue weighted by molar-refractivity contribution is 5.76. The molecule has 0 saturated heterocycles. The van der Waals surface area contributed by atoms with Crippen LogP contribution in [0.1, 0.15) is 348 Å². The maximum absolute atomic E-state index is 12.4. The van der Waals surface area contributed by atoms with Crippen LogP contribution in [-0.2, 0) is 14.3 Å². The number of unbranched alkanes of at least 4 members (excludes halogenated alkanes) is 42. The fraction of sp³-hybridized carbons (Fsp3) is 0.853. The highest BCUT2D eigenvalue weighted by Crippen LogP contribution is 2.17. The van der Waals surface area contributed by atoms with Crippen molar-refractivity contribution in [3.63, 3.8) is 0 Å². The van der Waals surface area contributed by atoms with Crippen molar-refractivity contribution in [2.75, 3.05) is 13.2 Å². The van der Waals surface area contributed by atoms with Crippen molar-refractivity contribution < 1.29 is 24.5 Å². The zero-order chi connectivity index (χ0) is 53.6. The summed E-state index contributed by atoms with van der Waals surface area (Å²) in [7, 11) is 0. The summed E-state index contributed by atoms with van der Waals surface area (Å²) in [6.07, 6.45) is 81.5. The summed E-state index contributed by atoms with van der Waals surface area (Å²) in [5.74, 6) is -0.0360. The number of nitrogens with one attached hydrogen (secondary N) is 1. The van der Waals surface area contributed by atoms with Gasteiger partial charge in [0.1, 0.15) is 0 Å². The number of hydrogen-bond acceptors (Lipinski definition) is 5. The molecule has 0 rings (SSSR count). The molecule has 0 aromatic carbocycles. The van der Waals surface area contributed by atoms with Gasteiger partial charge in [0, 0.05) is 12.8 Å². The Labute approximate surface area is 461 Å². The first-order chi connectivity index (χ1) is 36.5. The second-order valence-electron chi connectivity index (χ2n) is 22.4. The average Bonchev–Trinajstić information content (AvgIpc) is 3.40. The molecule has 0 heterocycles. The molecule has 6 nitrogen and oxygen atoms in total. The average molecular weight is 1040 g/mol. The van der Waals surface area contributed by atoms with E-state index in [2.05, 4.69) is 67.8 Å². The van der Waals surface area contributed by atoms with Crippen molar-refractivity contribution in [1.29, 1.82) is 0 Å². The van der Waals surface area contributed by atoms with Crippen LogP contribution in [0.25, 0.3) is 0 Å². The summed E-state index contributed by atoms with van der Waals surface area (Å²) < 4.78 is 5.48. The lowest BCUT2D eigenvalue weighted by molar-refractivity contribution is -0.143. The number of aliphatic hydroxyl groups is 2. The molecule has 74 heavy (non-hydrogen) atoms. The van der Waals surface area contributed by atoms with Gasteiger partial charge in [-0.15, -0.1) is 0 Å². The quantitative estimate of drug-likeness (QED) is 0.0320. The van der Waals surface area contributed by atoms with Gasteiger partial charge in [-0.3, -0.25) is 9.59 Å². The first kappa shape index (κ1) is 71.8. The second-order valence-corrected chi connectivity index (χ2v) is 22.4. The van der Waals surface area contributed by atoms with Gasteiger partial charge in [0.15, 0.2) is 0 Å². The number of esters is 1. The summed E-state index contributed by atoms with van der Waals surface area (Å²) in [5.41, 5.74) is 0. The van der Waals surface area contributed by atoms with Crippen LogP contribution in [0.3, 0.4) is 0 Å². The van der Waals surface area contributed by atoms with E-state index >= 15 is 0 Å². The molecule has 0 bridgehead atoms. The van der Waals surface area contributed by atoms with Crippen LogP contribution in [0.15, 0.2) is 48.6 Å². The Bertz CT molecular complexity index is 1240. The molecule has 1 amide bonds. The summed E-state index contributed by atoms with van der Waals surface area (Å²) in [6.45, 7) is 4.92. The van der Waals surface area contributed by atoms with Crippen molar-refractivity contribution in [3.8, 4) is 0 Å². The van der Waals surface area contributed by atoms with Crippen LogP contribution >= 0.6 is 0 Å². The molecule has 0 spiro atoms. The Morgan fingerprint density at radius 1 is 0.378 bits per heavy atom. The molecule has 6 heteroatoms. The number of aliphatic hydroxyl groups excluding tert-OH is 2. The molecule has 3 N–H and O–H groups in total. The smallest absolute Gasteiger partial charge is 0.305 e. The Morgan fingerprint density at radius 3 is 1.04 bits per heavy atom. The third kappa shape index (κ3) is 59.1. The number of hydrogen-bond donors (Lipinski definition) is 3. The fourth-order valence-electron chi connectivity index (χ4n) is 10.1. The van der Waals surface area contributed by atoms with Crippen LogP contribution in [-0.4, -0.2) is 47.4 Å². The molecular weight excluding hydrogens is 911 g/mol. The minimum absolute atomic E-state index is 0.000534. The molecule has 0 aliphatic rings. The molecule has 2 unspecified atom stereocenters. The molecule has 0 aliphatic carbocycles. The topological polar surface area (TPSA) is 95.9 Å². The maximum atomic E-state index is 12.4. The molecule has 0 aliphatic heterocycles. The van der Waals surface area contributed by atoms with Crippen LogP contribution in [0.2, 0.25) is 0 Å². The van der Waals surface area contributed by atoms with Crippen molar-refractivity contribution in [3.05, 3.63) is 48.6 Å². The Hall–Kier alpha value is -2.18. The lowest BCUT2D eigenvalue weighted by Crippen LogP contribution is -2.45. The summed E-state index contributed by atoms with van der Waals surface area (Å²) in [5, 5.41) is 23.2. The zero-order valence-electron chi connectivity index (χ0n) is 49.6. The SMILES string of the molecule is CCCCCC/C=C\C/C=C\CCCCCCCC(=O)OCCCCCCCCCCC/C=C\C/C=C\CCCCCCCCCCCCCCCCCC(=O)NC(CO)C(O)CCCCCCCCCCCC. The molecule has 0 radical (unpaired) electrons. The lowest BCUT2D eigenvalue weighted by Gasteiger charge is -2.22. The molecule has 2 atom stereocenters. The van der Waals surface area contributed by atoms with Gasteiger partial charge in [0.2, 0.25) is 5.91 Å². The van der Waals surface area contributed by atoms with Crippen molar-refractivity contribution >= 4 is 11.9 Å². The van der Waals surface area contributed by atoms with Gasteiger partial charge in [0.05, 0.1) is 25.4 Å². The molecule has 0 fully saturated rings. The van der Waals surface area contributed by atoms with Gasteiger partial charge in [-0.05, 0) is 89.9 Å². The maximum Gasteiger partial charge on any atom is 0.305 e. The zero-order valence-corrected chi connectivity index (χ0v) is 49.6. The van der Waals surface area contributed by atoms with E-state index in [1.165, 1.54) is 257 Å². The van der Waals surface area contributed by atoms with Crippen molar-refractivity contribution in [2.24, 2.45) is 0 Å². The summed E-state index contributed by atoms with van der Waals surface area (Å²) >= 11 is 0. The third-order valence-corrected chi connectivity index (χ3v) is 15.1. The predicted molar refractivity (Wildman–Crippen MR) is 324 cm³/mol. The van der Waals surface area contributed by atoms with Crippen LogP contribution in [0, 0.1) is 0 Å². The molecule has 0 aromatic heterocycles. The Kier molecular flexibility index (Phi) is 61.5. The van der Waals surface area contributed by atoms with Crippen LogP contribution in [0.5, 0.6) is 0 Å². The Morgan fingerprint density at radius 2 is 0.676 bits per heavy atom. The highest BCUT2D eigenvalue weighted by atomic mass is 16.5. The van der Waals surface area contributed by atoms with E-state index in [-0.39, 0.29) is 18.5 Å². The minimum Gasteiger partial charge on any atom is -0.466 e. The van der Waals surface area contributed by atoms with Crippen molar-refractivity contribution in [1.82, 2.24) is 5.32 Å². The second kappa shape index (κ2) is 63.4. The van der Waals surface area contributed by atoms with Gasteiger partial charge in [-0.2, -0.15) is 0 Å². The van der Waals surface area contributed by atoms with E-state index in [1.54, 1.807) is 0 Å². The number of carbonyl (C=O) groups is 2. The van der Waals surface area contributed by atoms with E-state index in [4.69, 9.17) is 4.74 Å². The standard InChI is InChI=1S/C68H127NO5/c1-3-5-7-9-11-13-15-16-17-36-39-42-46-50-54-58-62-68(73)74-63-59-55-51-47-43-40-37-34-32-30-28-26-24-22-20-18-19-21-23-25-27-29-31-33-35-38-41-45-49-53-57-61-67(72)69-65(64-70)66(71)60-56-52-48-44-14-12-10-8-6-4-2/h13,15,17,20,22,26,28,36,65-66,70-71H,3-12,14,16,18-19,21,23-25,27,29-35,37-64H2,1-2H3,(H,69,72)/b15-13-,22-20-,28-26-,36-17-. The molecular formula is C68H127NO5. The highest BCUT2D eigenvalue weighted by Gasteiger charge is 2.20. The van der Waals surface area contributed by atoms with Gasteiger partial charge in [-0.1, -0.05) is 294 Å². The first-order valence-corrected chi connectivity index (χ1v) is 32.9. The monoisotopic (exact) mass is 1040 g/mol. The third-order valence-electron chi connectivity index (χ3n) is 15.1. The van der Waals surface area contributed by atoms with E-state index in [1.807, 2.05) is 0 Å². The number of carbonyl (C=O) groups excluding carboxylic acids is 2.